The van der Waals surface area contributed by atoms with Gasteiger partial charge in [0.1, 0.15) is 12.4 Å². The number of hydrogen-bond donors (Lipinski definition) is 1. The standard InChI is InChI=1S/C23H20ClN3O2/c24-20-7-8-22-19(13-20)12-17(16-29-22)6-9-23(28)25-11-10-18-14-26-27(15-18)21-4-2-1-3-5-21/h1-9,12-15H,10-11,16H2,(H,25,28)/b9-6+. The molecule has 0 atom stereocenters. The van der Waals surface area contributed by atoms with Gasteiger partial charge in [0.2, 0.25) is 5.91 Å². The van der Waals surface area contributed by atoms with E-state index in [0.717, 1.165) is 28.1 Å². The Kier molecular flexibility index (Phi) is 5.77. The average molecular weight is 406 g/mol. The molecular formula is C23H20ClN3O2. The van der Waals surface area contributed by atoms with Gasteiger partial charge in [0.15, 0.2) is 0 Å². The molecule has 0 fully saturated rings. The van der Waals surface area contributed by atoms with E-state index in [1.54, 1.807) is 12.1 Å². The Hall–Kier alpha value is -3.31. The molecule has 1 amide bonds. The summed E-state index contributed by atoms with van der Waals surface area (Å²) in [5, 5.41) is 7.92. The lowest BCUT2D eigenvalue weighted by molar-refractivity contribution is -0.116. The fraction of sp³-hybridized carbons (Fsp3) is 0.130. The Balaban J connectivity index is 1.28. The molecule has 1 aromatic heterocycles. The second-order valence-electron chi connectivity index (χ2n) is 6.69. The summed E-state index contributed by atoms with van der Waals surface area (Å²) in [6.45, 7) is 0.967. The first-order chi connectivity index (χ1) is 14.2. The molecule has 0 saturated carbocycles. The van der Waals surface area contributed by atoms with E-state index in [1.165, 1.54) is 6.08 Å². The fourth-order valence-corrected chi connectivity index (χ4v) is 3.23. The van der Waals surface area contributed by atoms with Crippen molar-refractivity contribution < 1.29 is 9.53 Å². The van der Waals surface area contributed by atoms with E-state index in [1.807, 2.05) is 65.6 Å². The quantitative estimate of drug-likeness (QED) is 0.625. The largest absolute Gasteiger partial charge is 0.488 e. The van der Waals surface area contributed by atoms with Crippen LogP contribution < -0.4 is 10.1 Å². The van der Waals surface area contributed by atoms with Crippen LogP contribution in [0.2, 0.25) is 5.02 Å². The molecule has 0 aliphatic carbocycles. The number of benzene rings is 2. The highest BCUT2D eigenvalue weighted by Gasteiger charge is 2.10. The van der Waals surface area contributed by atoms with Gasteiger partial charge in [0.05, 0.1) is 11.9 Å². The van der Waals surface area contributed by atoms with Crippen LogP contribution in [-0.4, -0.2) is 28.8 Å². The Morgan fingerprint density at radius 2 is 2.10 bits per heavy atom. The fourth-order valence-electron chi connectivity index (χ4n) is 3.05. The maximum atomic E-state index is 12.1. The summed E-state index contributed by atoms with van der Waals surface area (Å²) in [5.41, 5.74) is 3.91. The molecule has 6 heteroatoms. The second kappa shape index (κ2) is 8.80. The number of aromatic nitrogens is 2. The minimum absolute atomic E-state index is 0.141. The summed E-state index contributed by atoms with van der Waals surface area (Å²) in [4.78, 5) is 12.1. The Labute approximate surface area is 174 Å². The summed E-state index contributed by atoms with van der Waals surface area (Å²) in [6, 6.07) is 15.4. The third kappa shape index (κ3) is 4.95. The molecule has 29 heavy (non-hydrogen) atoms. The number of nitrogens with zero attached hydrogens (tertiary/aromatic N) is 2. The van der Waals surface area contributed by atoms with Gasteiger partial charge in [-0.3, -0.25) is 4.79 Å². The van der Waals surface area contributed by atoms with Crippen LogP contribution in [0.3, 0.4) is 0 Å². The van der Waals surface area contributed by atoms with Crippen molar-refractivity contribution in [3.63, 3.8) is 0 Å². The van der Waals surface area contributed by atoms with Crippen LogP contribution in [0, 0.1) is 0 Å². The van der Waals surface area contributed by atoms with Crippen LogP contribution in [0.25, 0.3) is 11.8 Å². The number of nitrogens with one attached hydrogen (secondary N) is 1. The van der Waals surface area contributed by atoms with Gasteiger partial charge in [0.25, 0.3) is 0 Å². The van der Waals surface area contributed by atoms with Gasteiger partial charge in [-0.25, -0.2) is 4.68 Å². The molecule has 146 valence electrons. The van der Waals surface area contributed by atoms with Crippen molar-refractivity contribution in [1.82, 2.24) is 15.1 Å². The van der Waals surface area contributed by atoms with Crippen LogP contribution in [0.4, 0.5) is 0 Å². The summed E-state index contributed by atoms with van der Waals surface area (Å²) >= 11 is 6.02. The van der Waals surface area contributed by atoms with Crippen molar-refractivity contribution in [1.29, 1.82) is 0 Å². The van der Waals surface area contributed by atoms with Crippen molar-refractivity contribution in [2.24, 2.45) is 0 Å². The van der Waals surface area contributed by atoms with Crippen molar-refractivity contribution >= 4 is 23.6 Å². The molecule has 0 unspecified atom stereocenters. The lowest BCUT2D eigenvalue weighted by Gasteiger charge is -2.16. The van der Waals surface area contributed by atoms with Crippen molar-refractivity contribution in [3.05, 3.63) is 94.8 Å². The summed E-state index contributed by atoms with van der Waals surface area (Å²) in [6.07, 6.45) is 9.78. The predicted octanol–water partition coefficient (Wildman–Crippen LogP) is 4.22. The molecule has 3 aromatic rings. The first-order valence-corrected chi connectivity index (χ1v) is 9.73. The topological polar surface area (TPSA) is 56.1 Å². The van der Waals surface area contributed by atoms with Crippen molar-refractivity contribution in [2.75, 3.05) is 13.2 Å². The Morgan fingerprint density at radius 1 is 1.24 bits per heavy atom. The number of hydrogen-bond acceptors (Lipinski definition) is 3. The van der Waals surface area contributed by atoms with Crippen LogP contribution in [0.5, 0.6) is 5.75 Å². The van der Waals surface area contributed by atoms with E-state index in [2.05, 4.69) is 10.4 Å². The van der Waals surface area contributed by atoms with Crippen molar-refractivity contribution in [2.45, 2.75) is 6.42 Å². The Bertz CT molecular complexity index is 1070. The molecule has 1 N–H and O–H groups in total. The molecule has 1 aliphatic rings. The van der Waals surface area contributed by atoms with E-state index in [9.17, 15) is 4.79 Å². The SMILES string of the molecule is O=C(/C=C/C1=Cc2cc(Cl)ccc2OC1)NCCc1cnn(-c2ccccc2)c1. The molecule has 2 aromatic carbocycles. The summed E-state index contributed by atoms with van der Waals surface area (Å²) in [5.74, 6) is 0.658. The van der Waals surface area contributed by atoms with Crippen LogP contribution >= 0.6 is 11.6 Å². The lowest BCUT2D eigenvalue weighted by Crippen LogP contribution is -2.23. The van der Waals surface area contributed by atoms with E-state index in [-0.39, 0.29) is 5.91 Å². The molecule has 0 bridgehead atoms. The maximum absolute atomic E-state index is 12.1. The van der Waals surface area contributed by atoms with Gasteiger partial charge >= 0.3 is 0 Å². The molecule has 0 spiro atoms. The smallest absolute Gasteiger partial charge is 0.244 e. The highest BCUT2D eigenvalue weighted by atomic mass is 35.5. The van der Waals surface area contributed by atoms with E-state index in [4.69, 9.17) is 16.3 Å². The first kappa shape index (κ1) is 19.0. The summed E-state index contributed by atoms with van der Waals surface area (Å²) < 4.78 is 7.51. The number of ether oxygens (including phenoxy) is 1. The highest BCUT2D eigenvalue weighted by Crippen LogP contribution is 2.29. The molecule has 5 nitrogen and oxygen atoms in total. The van der Waals surface area contributed by atoms with Crippen LogP contribution in [0.15, 0.2) is 78.6 Å². The number of rotatable bonds is 6. The number of amides is 1. The average Bonchev–Trinajstić information content (AvgIpc) is 3.21. The monoisotopic (exact) mass is 405 g/mol. The Morgan fingerprint density at radius 3 is 2.97 bits per heavy atom. The normalized spacial score (nSPS) is 12.9. The molecule has 0 radical (unpaired) electrons. The van der Waals surface area contributed by atoms with Gasteiger partial charge < -0.3 is 10.1 Å². The van der Waals surface area contributed by atoms with Crippen LogP contribution in [0.1, 0.15) is 11.1 Å². The molecule has 2 heterocycles. The van der Waals surface area contributed by atoms with Gasteiger partial charge in [0, 0.05) is 29.4 Å². The van der Waals surface area contributed by atoms with Crippen molar-refractivity contribution in [3.8, 4) is 11.4 Å². The second-order valence-corrected chi connectivity index (χ2v) is 7.13. The minimum Gasteiger partial charge on any atom is -0.488 e. The van der Waals surface area contributed by atoms with E-state index in [0.29, 0.717) is 24.6 Å². The number of carbonyl (C=O) groups is 1. The third-order valence-electron chi connectivity index (χ3n) is 4.53. The summed E-state index contributed by atoms with van der Waals surface area (Å²) in [7, 11) is 0. The van der Waals surface area contributed by atoms with Crippen LogP contribution in [-0.2, 0) is 11.2 Å². The maximum Gasteiger partial charge on any atom is 0.244 e. The number of para-hydroxylation sites is 1. The zero-order chi connectivity index (χ0) is 20.1. The van der Waals surface area contributed by atoms with E-state index >= 15 is 0 Å². The minimum atomic E-state index is -0.141. The molecular weight excluding hydrogens is 386 g/mol. The third-order valence-corrected chi connectivity index (χ3v) is 4.76. The van der Waals surface area contributed by atoms with Gasteiger partial charge in [-0.1, -0.05) is 35.9 Å². The first-order valence-electron chi connectivity index (χ1n) is 9.35. The number of halogens is 1. The molecule has 4 rings (SSSR count). The zero-order valence-corrected chi connectivity index (χ0v) is 16.5. The molecule has 0 saturated heterocycles. The number of fused-ring (bicyclic) bond motifs is 1. The number of carbonyl (C=O) groups excluding carboxylic acids is 1. The lowest BCUT2D eigenvalue weighted by atomic mass is 10.1. The van der Waals surface area contributed by atoms with E-state index < -0.39 is 0 Å². The zero-order valence-electron chi connectivity index (χ0n) is 15.7. The molecule has 1 aliphatic heterocycles. The van der Waals surface area contributed by atoms with Gasteiger partial charge in [-0.05, 0) is 54.0 Å². The van der Waals surface area contributed by atoms with Gasteiger partial charge in [-0.15, -0.1) is 0 Å². The van der Waals surface area contributed by atoms with Gasteiger partial charge in [-0.2, -0.15) is 5.10 Å². The highest BCUT2D eigenvalue weighted by molar-refractivity contribution is 6.30. The predicted molar refractivity (Wildman–Crippen MR) is 114 cm³/mol.